The number of cyclic esters (lactones) is 1. The predicted octanol–water partition coefficient (Wildman–Crippen LogP) is 4.44. The van der Waals surface area contributed by atoms with Crippen molar-refractivity contribution in [2.75, 3.05) is 7.11 Å². The molecule has 1 N–H and O–H groups in total. The van der Waals surface area contributed by atoms with E-state index in [0.717, 1.165) is 32.1 Å². The molecule has 6 heteroatoms. The number of ether oxygens (including phenoxy) is 4. The van der Waals surface area contributed by atoms with E-state index < -0.39 is 11.8 Å². The molecule has 1 aromatic rings. The van der Waals surface area contributed by atoms with Crippen LogP contribution >= 0.6 is 0 Å². The fourth-order valence-electron chi connectivity index (χ4n) is 3.87. The Morgan fingerprint density at radius 3 is 2.57 bits per heavy atom. The summed E-state index contributed by atoms with van der Waals surface area (Å²) in [6, 6.07) is 3.16. The van der Waals surface area contributed by atoms with Gasteiger partial charge in [0.15, 0.2) is 5.79 Å². The SMILES string of the molecule is COc1cc(O)c2c(c1)/C=C/CC[C@@H]1OC(C)(C)O[C@H]1CCC[C@H](C)OC2=O. The standard InChI is InChI=1S/C22H30O6/c1-14-8-7-11-19-18(27-22(2,3)28-19)10-6-5-9-15-12-16(25-4)13-17(23)20(15)21(24)26-14/h5,9,12-14,18-19,23H,6-8,10-11H2,1-4H3/b9-5+/t14-,18-,19-/m0/s1. The molecule has 28 heavy (non-hydrogen) atoms. The fourth-order valence-corrected chi connectivity index (χ4v) is 3.87. The summed E-state index contributed by atoms with van der Waals surface area (Å²) in [5.74, 6) is -0.754. The molecule has 0 aromatic heterocycles. The fraction of sp³-hybridized carbons (Fsp3) is 0.591. The second kappa shape index (κ2) is 8.53. The molecule has 3 rings (SSSR count). The minimum atomic E-state index is -0.573. The lowest BCUT2D eigenvalue weighted by Crippen LogP contribution is -2.23. The van der Waals surface area contributed by atoms with Crippen LogP contribution in [0, 0.1) is 0 Å². The highest BCUT2D eigenvalue weighted by molar-refractivity contribution is 5.97. The van der Waals surface area contributed by atoms with Gasteiger partial charge in [0.1, 0.15) is 17.1 Å². The molecule has 1 saturated heterocycles. The van der Waals surface area contributed by atoms with E-state index in [0.29, 0.717) is 11.3 Å². The molecule has 0 spiro atoms. The van der Waals surface area contributed by atoms with Crippen molar-refractivity contribution < 1.29 is 28.8 Å². The summed E-state index contributed by atoms with van der Waals surface area (Å²) in [5.41, 5.74) is 0.743. The number of carbonyl (C=O) groups excluding carboxylic acids is 1. The van der Waals surface area contributed by atoms with E-state index in [1.807, 2.05) is 32.9 Å². The number of hydrogen-bond donors (Lipinski definition) is 1. The molecule has 0 amide bonds. The van der Waals surface area contributed by atoms with Gasteiger partial charge >= 0.3 is 5.97 Å². The van der Waals surface area contributed by atoms with E-state index in [9.17, 15) is 9.90 Å². The molecule has 154 valence electrons. The lowest BCUT2D eigenvalue weighted by atomic mass is 10.00. The largest absolute Gasteiger partial charge is 0.507 e. The summed E-state index contributed by atoms with van der Waals surface area (Å²) in [7, 11) is 1.52. The number of benzene rings is 1. The van der Waals surface area contributed by atoms with Crippen LogP contribution in [0.1, 0.15) is 68.8 Å². The van der Waals surface area contributed by atoms with Gasteiger partial charge in [-0.15, -0.1) is 0 Å². The highest BCUT2D eigenvalue weighted by Crippen LogP contribution is 2.34. The summed E-state index contributed by atoms with van der Waals surface area (Å²) in [4.78, 5) is 12.7. The molecule has 0 saturated carbocycles. The molecule has 2 aliphatic heterocycles. The van der Waals surface area contributed by atoms with E-state index >= 15 is 0 Å². The Kier molecular flexibility index (Phi) is 6.30. The average molecular weight is 390 g/mol. The zero-order valence-corrected chi connectivity index (χ0v) is 17.1. The van der Waals surface area contributed by atoms with Crippen LogP contribution in [0.25, 0.3) is 6.08 Å². The predicted molar refractivity (Wildman–Crippen MR) is 105 cm³/mol. The third kappa shape index (κ3) is 4.86. The summed E-state index contributed by atoms with van der Waals surface area (Å²) in [5, 5.41) is 10.4. The maximum Gasteiger partial charge on any atom is 0.342 e. The van der Waals surface area contributed by atoms with Crippen LogP contribution in [0.4, 0.5) is 0 Å². The Bertz CT molecular complexity index is 739. The van der Waals surface area contributed by atoms with E-state index in [1.54, 1.807) is 6.07 Å². The zero-order chi connectivity index (χ0) is 20.3. The van der Waals surface area contributed by atoms with Gasteiger partial charge in [0, 0.05) is 6.07 Å². The van der Waals surface area contributed by atoms with Crippen molar-refractivity contribution in [1.29, 1.82) is 0 Å². The molecule has 1 fully saturated rings. The molecule has 6 nitrogen and oxygen atoms in total. The molecule has 0 aliphatic carbocycles. The van der Waals surface area contributed by atoms with Gasteiger partial charge in [0.2, 0.25) is 0 Å². The van der Waals surface area contributed by atoms with Crippen molar-refractivity contribution in [3.05, 3.63) is 29.3 Å². The maximum absolute atomic E-state index is 12.7. The number of hydrogen-bond acceptors (Lipinski definition) is 6. The number of phenolic OH excluding ortho intramolecular Hbond substituents is 1. The number of esters is 1. The number of allylic oxidation sites excluding steroid dienone is 1. The van der Waals surface area contributed by atoms with Gasteiger partial charge in [0.05, 0.1) is 25.4 Å². The number of carbonyl (C=O) groups is 1. The van der Waals surface area contributed by atoms with E-state index in [1.165, 1.54) is 13.2 Å². The average Bonchev–Trinajstić information content (AvgIpc) is 2.91. The van der Waals surface area contributed by atoms with E-state index in [4.69, 9.17) is 18.9 Å². The van der Waals surface area contributed by atoms with Crippen molar-refractivity contribution in [3.8, 4) is 11.5 Å². The molecule has 1 aromatic carbocycles. The second-order valence-electron chi connectivity index (χ2n) is 7.95. The van der Waals surface area contributed by atoms with Crippen molar-refractivity contribution in [2.45, 2.75) is 77.0 Å². The molecule has 2 aliphatic rings. The summed E-state index contributed by atoms with van der Waals surface area (Å²) in [6.07, 6.45) is 7.68. The van der Waals surface area contributed by atoms with Gasteiger partial charge in [-0.1, -0.05) is 12.2 Å². The van der Waals surface area contributed by atoms with Gasteiger partial charge in [-0.2, -0.15) is 0 Å². The van der Waals surface area contributed by atoms with Crippen LogP contribution < -0.4 is 4.74 Å². The monoisotopic (exact) mass is 390 g/mol. The summed E-state index contributed by atoms with van der Waals surface area (Å²) < 4.78 is 23.0. The minimum Gasteiger partial charge on any atom is -0.507 e. The van der Waals surface area contributed by atoms with Crippen molar-refractivity contribution in [1.82, 2.24) is 0 Å². The first-order valence-corrected chi connectivity index (χ1v) is 9.93. The molecule has 0 unspecified atom stereocenters. The Morgan fingerprint density at radius 2 is 1.86 bits per heavy atom. The number of fused-ring (bicyclic) bond motifs is 2. The number of rotatable bonds is 1. The first kappa shape index (κ1) is 20.7. The molecule has 2 heterocycles. The molecular weight excluding hydrogens is 360 g/mol. The molecule has 0 bridgehead atoms. The topological polar surface area (TPSA) is 74.2 Å². The van der Waals surface area contributed by atoms with Crippen molar-refractivity contribution in [3.63, 3.8) is 0 Å². The number of aromatic hydroxyl groups is 1. The second-order valence-corrected chi connectivity index (χ2v) is 7.95. The third-order valence-corrected chi connectivity index (χ3v) is 5.17. The van der Waals surface area contributed by atoms with E-state index in [-0.39, 0.29) is 29.6 Å². The molecule has 3 atom stereocenters. The Labute approximate surface area is 166 Å². The van der Waals surface area contributed by atoms with Crippen LogP contribution in [-0.2, 0) is 14.2 Å². The molecule has 0 radical (unpaired) electrons. The first-order chi connectivity index (χ1) is 13.3. The van der Waals surface area contributed by atoms with E-state index in [2.05, 4.69) is 0 Å². The quantitative estimate of drug-likeness (QED) is 0.715. The van der Waals surface area contributed by atoms with Gasteiger partial charge in [-0.25, -0.2) is 4.79 Å². The normalized spacial score (nSPS) is 29.1. The van der Waals surface area contributed by atoms with Gasteiger partial charge in [-0.05, 0) is 64.5 Å². The highest BCUT2D eigenvalue weighted by atomic mass is 16.7. The van der Waals surface area contributed by atoms with Crippen LogP contribution in [0.3, 0.4) is 0 Å². The van der Waals surface area contributed by atoms with Crippen LogP contribution in [-0.4, -0.2) is 42.3 Å². The highest BCUT2D eigenvalue weighted by Gasteiger charge is 2.40. The van der Waals surface area contributed by atoms with Crippen LogP contribution in [0.15, 0.2) is 18.2 Å². The molecular formula is C22H30O6. The smallest absolute Gasteiger partial charge is 0.342 e. The first-order valence-electron chi connectivity index (χ1n) is 9.93. The van der Waals surface area contributed by atoms with Gasteiger partial charge < -0.3 is 24.1 Å². The number of phenols is 1. The Balaban J connectivity index is 1.88. The van der Waals surface area contributed by atoms with Crippen molar-refractivity contribution >= 4 is 12.0 Å². The van der Waals surface area contributed by atoms with Gasteiger partial charge in [0.25, 0.3) is 0 Å². The zero-order valence-electron chi connectivity index (χ0n) is 17.1. The van der Waals surface area contributed by atoms with Crippen molar-refractivity contribution in [2.24, 2.45) is 0 Å². The van der Waals surface area contributed by atoms with Crippen LogP contribution in [0.2, 0.25) is 0 Å². The Morgan fingerprint density at radius 1 is 1.14 bits per heavy atom. The number of methoxy groups -OCH3 is 1. The van der Waals surface area contributed by atoms with Crippen LogP contribution in [0.5, 0.6) is 11.5 Å². The summed E-state index contributed by atoms with van der Waals surface area (Å²) in [6.45, 7) is 5.76. The lowest BCUT2D eigenvalue weighted by Gasteiger charge is -2.19. The van der Waals surface area contributed by atoms with Gasteiger partial charge in [-0.3, -0.25) is 0 Å². The summed E-state index contributed by atoms with van der Waals surface area (Å²) >= 11 is 0. The maximum atomic E-state index is 12.7. The Hall–Kier alpha value is -2.05. The third-order valence-electron chi connectivity index (χ3n) is 5.17. The minimum absolute atomic E-state index is 0.0404. The lowest BCUT2D eigenvalue weighted by molar-refractivity contribution is -0.147.